The van der Waals surface area contributed by atoms with E-state index in [1.807, 2.05) is 19.9 Å². The number of rotatable bonds is 3. The zero-order valence-corrected chi connectivity index (χ0v) is 17.4. The monoisotopic (exact) mass is 433 g/mol. The first-order valence-electron chi connectivity index (χ1n) is 9.93. The Morgan fingerprint density at radius 1 is 0.968 bits per heavy atom. The summed E-state index contributed by atoms with van der Waals surface area (Å²) in [5.41, 5.74) is 0.585. The highest BCUT2D eigenvalue weighted by Gasteiger charge is 2.34. The Morgan fingerprint density at radius 2 is 1.68 bits per heavy atom. The molecule has 31 heavy (non-hydrogen) atoms. The molecule has 4 heterocycles. The van der Waals surface area contributed by atoms with Crippen molar-refractivity contribution in [2.75, 3.05) is 18.0 Å². The Hall–Kier alpha value is -3.24. The summed E-state index contributed by atoms with van der Waals surface area (Å²) in [6, 6.07) is 5.84. The van der Waals surface area contributed by atoms with E-state index in [-0.39, 0.29) is 23.2 Å². The van der Waals surface area contributed by atoms with Gasteiger partial charge in [0.2, 0.25) is 0 Å². The lowest BCUT2D eigenvalue weighted by molar-refractivity contribution is -0.141. The Labute approximate surface area is 176 Å². The summed E-state index contributed by atoms with van der Waals surface area (Å²) in [6.07, 6.45) is -3.42. The number of anilines is 1. The van der Waals surface area contributed by atoms with Gasteiger partial charge in [0.25, 0.3) is 5.56 Å². The molecule has 0 bridgehead atoms. The minimum atomic E-state index is -4.53. The van der Waals surface area contributed by atoms with Gasteiger partial charge in [-0.1, -0.05) is 0 Å². The number of hydrogen-bond donors (Lipinski definition) is 0. The zero-order valence-electron chi connectivity index (χ0n) is 17.4. The fourth-order valence-corrected chi connectivity index (χ4v) is 3.85. The number of aryl methyl sites for hydroxylation is 3. The van der Waals surface area contributed by atoms with Crippen LogP contribution in [-0.4, -0.2) is 42.6 Å². The molecule has 4 rings (SSSR count). The summed E-state index contributed by atoms with van der Waals surface area (Å²) < 4.78 is 42.4. The van der Waals surface area contributed by atoms with Crippen molar-refractivity contribution in [2.45, 2.75) is 45.8 Å². The summed E-state index contributed by atoms with van der Waals surface area (Å²) >= 11 is 0. The summed E-state index contributed by atoms with van der Waals surface area (Å²) in [6.45, 7) is 6.15. The molecule has 0 amide bonds. The van der Waals surface area contributed by atoms with E-state index < -0.39 is 11.9 Å². The Bertz CT molecular complexity index is 1160. The average Bonchev–Trinajstić information content (AvgIpc) is 3.05. The van der Waals surface area contributed by atoms with Gasteiger partial charge >= 0.3 is 6.18 Å². The lowest BCUT2D eigenvalue weighted by atomic mass is 10.1. The van der Waals surface area contributed by atoms with Crippen molar-refractivity contribution in [3.05, 3.63) is 57.5 Å². The van der Waals surface area contributed by atoms with Gasteiger partial charge in [0, 0.05) is 30.9 Å². The third kappa shape index (κ3) is 4.30. The van der Waals surface area contributed by atoms with Gasteiger partial charge in [-0.05, 0) is 45.7 Å². The molecule has 0 aromatic carbocycles. The predicted octanol–water partition coefficient (Wildman–Crippen LogP) is 3.00. The van der Waals surface area contributed by atoms with E-state index in [1.54, 1.807) is 15.6 Å². The molecule has 164 valence electrons. The summed E-state index contributed by atoms with van der Waals surface area (Å²) in [5, 5.41) is 8.92. The van der Waals surface area contributed by atoms with Crippen LogP contribution in [0.3, 0.4) is 0 Å². The molecule has 0 atom stereocenters. The third-order valence-corrected chi connectivity index (χ3v) is 5.29. The molecule has 1 aliphatic heterocycles. The number of halogens is 3. The smallest absolute Gasteiger partial charge is 0.356 e. The molecule has 1 fully saturated rings. The summed E-state index contributed by atoms with van der Waals surface area (Å²) in [4.78, 5) is 21.9. The van der Waals surface area contributed by atoms with Gasteiger partial charge in [0.15, 0.2) is 5.82 Å². The normalized spacial score (nSPS) is 15.5. The van der Waals surface area contributed by atoms with Crippen LogP contribution in [-0.2, 0) is 6.18 Å². The second kappa shape index (κ2) is 7.78. The SMILES string of the molecule is Cc1cc(C)n(-c2ccc(=O)n(C3CCN(c4cc(C(F)(F)F)nc(C)n4)CC3)n2)n1. The van der Waals surface area contributed by atoms with Crippen LogP contribution in [0, 0.1) is 20.8 Å². The first-order chi connectivity index (χ1) is 14.6. The van der Waals surface area contributed by atoms with Gasteiger partial charge < -0.3 is 4.90 Å². The van der Waals surface area contributed by atoms with Gasteiger partial charge in [-0.25, -0.2) is 19.3 Å². The molecule has 8 nitrogen and oxygen atoms in total. The van der Waals surface area contributed by atoms with Gasteiger partial charge in [-0.2, -0.15) is 18.3 Å². The highest BCUT2D eigenvalue weighted by molar-refractivity contribution is 5.41. The van der Waals surface area contributed by atoms with Crippen molar-refractivity contribution in [2.24, 2.45) is 0 Å². The van der Waals surface area contributed by atoms with Crippen LogP contribution in [0.5, 0.6) is 0 Å². The number of alkyl halides is 3. The average molecular weight is 433 g/mol. The Morgan fingerprint density at radius 3 is 2.29 bits per heavy atom. The van der Waals surface area contributed by atoms with Crippen molar-refractivity contribution in [3.8, 4) is 5.82 Å². The number of hydrogen-bond acceptors (Lipinski definition) is 6. The molecule has 1 saturated heterocycles. The first kappa shape index (κ1) is 21.0. The maximum Gasteiger partial charge on any atom is 0.433 e. The lowest BCUT2D eigenvalue weighted by Gasteiger charge is -2.33. The Balaban J connectivity index is 1.55. The van der Waals surface area contributed by atoms with Crippen LogP contribution < -0.4 is 10.5 Å². The maximum atomic E-state index is 13.1. The molecule has 0 radical (unpaired) electrons. The fourth-order valence-electron chi connectivity index (χ4n) is 3.85. The molecule has 1 aliphatic rings. The van der Waals surface area contributed by atoms with Gasteiger partial charge in [0.05, 0.1) is 11.7 Å². The van der Waals surface area contributed by atoms with E-state index in [0.717, 1.165) is 17.5 Å². The van der Waals surface area contributed by atoms with Crippen molar-refractivity contribution >= 4 is 5.82 Å². The molecule has 0 saturated carbocycles. The predicted molar refractivity (Wildman–Crippen MR) is 107 cm³/mol. The second-order valence-corrected chi connectivity index (χ2v) is 7.69. The van der Waals surface area contributed by atoms with Gasteiger partial charge in [0.1, 0.15) is 17.3 Å². The van der Waals surface area contributed by atoms with Crippen LogP contribution in [0.1, 0.15) is 41.8 Å². The summed E-state index contributed by atoms with van der Waals surface area (Å²) in [5.74, 6) is 0.867. The molecule has 0 spiro atoms. The Kier molecular flexibility index (Phi) is 5.28. The highest BCUT2D eigenvalue weighted by Crippen LogP contribution is 2.31. The van der Waals surface area contributed by atoms with Crippen LogP contribution in [0.15, 0.2) is 29.1 Å². The van der Waals surface area contributed by atoms with E-state index in [4.69, 9.17) is 0 Å². The van der Waals surface area contributed by atoms with Crippen LogP contribution in [0.25, 0.3) is 5.82 Å². The zero-order chi connectivity index (χ0) is 22.3. The van der Waals surface area contributed by atoms with Crippen molar-refractivity contribution in [1.29, 1.82) is 0 Å². The second-order valence-electron chi connectivity index (χ2n) is 7.69. The van der Waals surface area contributed by atoms with E-state index >= 15 is 0 Å². The molecule has 0 unspecified atom stereocenters. The molecular formula is C20H22F3N7O. The quantitative estimate of drug-likeness (QED) is 0.632. The number of aromatic nitrogens is 6. The van der Waals surface area contributed by atoms with Crippen LogP contribution in [0.2, 0.25) is 0 Å². The van der Waals surface area contributed by atoms with E-state index in [1.165, 1.54) is 17.7 Å². The van der Waals surface area contributed by atoms with Crippen LogP contribution in [0.4, 0.5) is 19.0 Å². The van der Waals surface area contributed by atoms with Crippen molar-refractivity contribution in [1.82, 2.24) is 29.5 Å². The number of nitrogens with zero attached hydrogens (tertiary/aromatic N) is 7. The first-order valence-corrected chi connectivity index (χ1v) is 9.93. The van der Waals surface area contributed by atoms with Crippen molar-refractivity contribution in [3.63, 3.8) is 0 Å². The van der Waals surface area contributed by atoms with Gasteiger partial charge in [-0.3, -0.25) is 4.79 Å². The van der Waals surface area contributed by atoms with Crippen LogP contribution >= 0.6 is 0 Å². The van der Waals surface area contributed by atoms with E-state index in [9.17, 15) is 18.0 Å². The molecule has 0 N–H and O–H groups in total. The highest BCUT2D eigenvalue weighted by atomic mass is 19.4. The molecule has 0 aliphatic carbocycles. The number of piperidine rings is 1. The maximum absolute atomic E-state index is 13.1. The molecule has 3 aromatic heterocycles. The lowest BCUT2D eigenvalue weighted by Crippen LogP contribution is -2.39. The molecule has 3 aromatic rings. The fraction of sp³-hybridized carbons (Fsp3) is 0.450. The standard InChI is InChI=1S/C20H22F3N7O/c1-12-10-13(2)29(26-12)17-4-5-19(31)30(27-17)15-6-8-28(9-7-15)18-11-16(20(21,22)23)24-14(3)25-18/h4-5,10-11,15H,6-9H2,1-3H3. The molecular weight excluding hydrogens is 411 g/mol. The topological polar surface area (TPSA) is 81.7 Å². The minimum absolute atomic E-state index is 0.0717. The van der Waals surface area contributed by atoms with E-state index in [2.05, 4.69) is 20.2 Å². The largest absolute Gasteiger partial charge is 0.433 e. The van der Waals surface area contributed by atoms with Gasteiger partial charge in [-0.15, -0.1) is 5.10 Å². The van der Waals surface area contributed by atoms with Crippen molar-refractivity contribution < 1.29 is 13.2 Å². The van der Waals surface area contributed by atoms with E-state index in [0.29, 0.717) is 31.7 Å². The summed E-state index contributed by atoms with van der Waals surface area (Å²) in [7, 11) is 0. The molecule has 11 heteroatoms. The minimum Gasteiger partial charge on any atom is -0.356 e. The third-order valence-electron chi connectivity index (χ3n) is 5.29.